The Morgan fingerprint density at radius 2 is 2.05 bits per heavy atom. The number of hydrogen-bond donors (Lipinski definition) is 3. The zero-order valence-corrected chi connectivity index (χ0v) is 12.2. The molecular weight excluding hydrogens is 256 g/mol. The maximum Gasteiger partial charge on any atom is 0.255 e. The van der Waals surface area contributed by atoms with Gasteiger partial charge in [0, 0.05) is 19.0 Å². The molecule has 0 radical (unpaired) electrons. The number of aromatic hydroxyl groups is 1. The first-order valence-corrected chi connectivity index (χ1v) is 6.81. The molecule has 5 heteroatoms. The highest BCUT2D eigenvalue weighted by Gasteiger charge is 2.11. The molecule has 0 saturated heterocycles. The van der Waals surface area contributed by atoms with Gasteiger partial charge in [-0.1, -0.05) is 18.6 Å². The summed E-state index contributed by atoms with van der Waals surface area (Å²) in [6.07, 6.45) is 1.10. The molecule has 2 amide bonds. The molecule has 0 fully saturated rings. The predicted molar refractivity (Wildman–Crippen MR) is 77.7 cm³/mol. The highest BCUT2D eigenvalue weighted by Crippen LogP contribution is 2.17. The summed E-state index contributed by atoms with van der Waals surface area (Å²) in [5.41, 5.74) is 1.12. The van der Waals surface area contributed by atoms with Crippen LogP contribution in [0.2, 0.25) is 0 Å². The molecule has 3 N–H and O–H groups in total. The minimum Gasteiger partial charge on any atom is -0.507 e. The van der Waals surface area contributed by atoms with E-state index in [0.29, 0.717) is 0 Å². The second kappa shape index (κ2) is 7.53. The maximum absolute atomic E-state index is 11.9. The number of phenols is 1. The van der Waals surface area contributed by atoms with E-state index in [1.807, 2.05) is 20.8 Å². The lowest BCUT2D eigenvalue weighted by Gasteiger charge is -2.12. The van der Waals surface area contributed by atoms with E-state index in [2.05, 4.69) is 10.6 Å². The van der Waals surface area contributed by atoms with Crippen molar-refractivity contribution < 1.29 is 14.7 Å². The molecule has 0 aliphatic carbocycles. The van der Waals surface area contributed by atoms with Crippen molar-refractivity contribution in [2.24, 2.45) is 0 Å². The number of carbonyl (C=O) groups is 2. The molecule has 1 aromatic carbocycles. The van der Waals surface area contributed by atoms with E-state index in [0.717, 1.165) is 12.0 Å². The van der Waals surface area contributed by atoms with Crippen LogP contribution in [0.25, 0.3) is 0 Å². The summed E-state index contributed by atoms with van der Waals surface area (Å²) >= 11 is 0. The monoisotopic (exact) mass is 278 g/mol. The molecule has 0 heterocycles. The van der Waals surface area contributed by atoms with Crippen molar-refractivity contribution in [2.75, 3.05) is 6.54 Å². The van der Waals surface area contributed by atoms with Crippen LogP contribution in [0.15, 0.2) is 18.2 Å². The van der Waals surface area contributed by atoms with E-state index in [1.54, 1.807) is 12.1 Å². The third-order valence-corrected chi connectivity index (χ3v) is 3.05. The first-order chi connectivity index (χ1) is 9.43. The number of rotatable bonds is 6. The van der Waals surface area contributed by atoms with Crippen LogP contribution in [0, 0.1) is 6.92 Å². The van der Waals surface area contributed by atoms with Crippen molar-refractivity contribution in [1.82, 2.24) is 10.6 Å². The fourth-order valence-corrected chi connectivity index (χ4v) is 1.67. The van der Waals surface area contributed by atoms with Crippen LogP contribution in [-0.4, -0.2) is 29.5 Å². The number of benzene rings is 1. The van der Waals surface area contributed by atoms with Gasteiger partial charge in [0.05, 0.1) is 5.56 Å². The average molecular weight is 278 g/mol. The quantitative estimate of drug-likeness (QED) is 0.741. The predicted octanol–water partition coefficient (Wildman–Crippen LogP) is 1.74. The number of nitrogens with one attached hydrogen (secondary N) is 2. The molecule has 1 atom stereocenters. The molecule has 1 aromatic rings. The molecule has 0 aromatic heterocycles. The van der Waals surface area contributed by atoms with Crippen molar-refractivity contribution >= 4 is 11.8 Å². The zero-order chi connectivity index (χ0) is 15.1. The van der Waals surface area contributed by atoms with Gasteiger partial charge in [0.2, 0.25) is 5.91 Å². The van der Waals surface area contributed by atoms with Gasteiger partial charge in [0.25, 0.3) is 5.91 Å². The molecule has 1 rings (SSSR count). The summed E-state index contributed by atoms with van der Waals surface area (Å²) in [5.74, 6) is -0.521. The van der Waals surface area contributed by atoms with Crippen LogP contribution in [0.5, 0.6) is 5.75 Å². The summed E-state index contributed by atoms with van der Waals surface area (Å²) in [4.78, 5) is 23.4. The first kappa shape index (κ1) is 16.0. The first-order valence-electron chi connectivity index (χ1n) is 6.81. The number of aryl methyl sites for hydroxylation is 1. The van der Waals surface area contributed by atoms with Gasteiger partial charge in [-0.15, -0.1) is 0 Å². The summed E-state index contributed by atoms with van der Waals surface area (Å²) < 4.78 is 0. The van der Waals surface area contributed by atoms with E-state index >= 15 is 0 Å². The lowest BCUT2D eigenvalue weighted by atomic mass is 10.1. The Morgan fingerprint density at radius 3 is 2.70 bits per heavy atom. The largest absolute Gasteiger partial charge is 0.507 e. The smallest absolute Gasteiger partial charge is 0.255 e. The Hall–Kier alpha value is -2.04. The molecule has 5 nitrogen and oxygen atoms in total. The van der Waals surface area contributed by atoms with Gasteiger partial charge in [-0.3, -0.25) is 9.59 Å². The molecule has 0 saturated carbocycles. The normalized spacial score (nSPS) is 11.8. The Morgan fingerprint density at radius 1 is 1.35 bits per heavy atom. The number of carbonyl (C=O) groups excluding carboxylic acids is 2. The standard InChI is InChI=1S/C15H22N2O3/c1-4-11(3)17-14(19)7-8-16-15(20)12-9-10(2)5-6-13(12)18/h5-6,9,11,18H,4,7-8H2,1-3H3,(H,16,20)(H,17,19)/t11-/m0/s1. The molecule has 0 bridgehead atoms. The van der Waals surface area contributed by atoms with Crippen LogP contribution in [-0.2, 0) is 4.79 Å². The van der Waals surface area contributed by atoms with E-state index in [9.17, 15) is 14.7 Å². The molecule has 0 aliphatic heterocycles. The molecular formula is C15H22N2O3. The lowest BCUT2D eigenvalue weighted by molar-refractivity contribution is -0.121. The van der Waals surface area contributed by atoms with Crippen LogP contribution in [0.3, 0.4) is 0 Å². The Bertz CT molecular complexity index is 486. The highest BCUT2D eigenvalue weighted by molar-refractivity contribution is 5.97. The van der Waals surface area contributed by atoms with Crippen molar-refractivity contribution in [1.29, 1.82) is 0 Å². The van der Waals surface area contributed by atoms with Gasteiger partial charge in [0.15, 0.2) is 0 Å². The average Bonchev–Trinajstić information content (AvgIpc) is 2.41. The van der Waals surface area contributed by atoms with E-state index in [-0.39, 0.29) is 42.1 Å². The molecule has 0 aliphatic rings. The van der Waals surface area contributed by atoms with Gasteiger partial charge in [-0.2, -0.15) is 0 Å². The van der Waals surface area contributed by atoms with Crippen LogP contribution >= 0.6 is 0 Å². The SMILES string of the molecule is CC[C@H](C)NC(=O)CCNC(=O)c1cc(C)ccc1O. The Kier molecular flexibility index (Phi) is 6.03. The van der Waals surface area contributed by atoms with Crippen LogP contribution in [0.1, 0.15) is 42.6 Å². The van der Waals surface area contributed by atoms with Gasteiger partial charge in [0.1, 0.15) is 5.75 Å². The summed E-state index contributed by atoms with van der Waals surface area (Å²) in [5, 5.41) is 15.1. The summed E-state index contributed by atoms with van der Waals surface area (Å²) in [6.45, 7) is 6.01. The third-order valence-electron chi connectivity index (χ3n) is 3.05. The molecule has 110 valence electrons. The van der Waals surface area contributed by atoms with Gasteiger partial charge >= 0.3 is 0 Å². The van der Waals surface area contributed by atoms with E-state index in [1.165, 1.54) is 6.07 Å². The fourth-order valence-electron chi connectivity index (χ4n) is 1.67. The lowest BCUT2D eigenvalue weighted by Crippen LogP contribution is -2.35. The Labute approximate surface area is 119 Å². The minimum atomic E-state index is -0.373. The Balaban J connectivity index is 2.44. The fraction of sp³-hybridized carbons (Fsp3) is 0.467. The number of hydrogen-bond acceptors (Lipinski definition) is 3. The molecule has 20 heavy (non-hydrogen) atoms. The van der Waals surface area contributed by atoms with Crippen molar-refractivity contribution in [3.63, 3.8) is 0 Å². The van der Waals surface area contributed by atoms with Crippen LogP contribution in [0.4, 0.5) is 0 Å². The molecule has 0 unspecified atom stereocenters. The number of amides is 2. The maximum atomic E-state index is 11.9. The minimum absolute atomic E-state index is 0.0582. The second-order valence-corrected chi connectivity index (χ2v) is 4.90. The van der Waals surface area contributed by atoms with Gasteiger partial charge < -0.3 is 15.7 Å². The highest BCUT2D eigenvalue weighted by atomic mass is 16.3. The van der Waals surface area contributed by atoms with Crippen molar-refractivity contribution in [3.8, 4) is 5.75 Å². The van der Waals surface area contributed by atoms with Crippen molar-refractivity contribution in [3.05, 3.63) is 29.3 Å². The van der Waals surface area contributed by atoms with Crippen molar-refractivity contribution in [2.45, 2.75) is 39.7 Å². The van der Waals surface area contributed by atoms with E-state index in [4.69, 9.17) is 0 Å². The summed E-state index contributed by atoms with van der Waals surface area (Å²) in [6, 6.07) is 4.97. The topological polar surface area (TPSA) is 78.4 Å². The van der Waals surface area contributed by atoms with E-state index < -0.39 is 0 Å². The second-order valence-electron chi connectivity index (χ2n) is 4.90. The van der Waals surface area contributed by atoms with Crippen LogP contribution < -0.4 is 10.6 Å². The number of phenolic OH excluding ortho intramolecular Hbond substituents is 1. The molecule has 0 spiro atoms. The van der Waals surface area contributed by atoms with Gasteiger partial charge in [-0.05, 0) is 32.4 Å². The zero-order valence-electron chi connectivity index (χ0n) is 12.2. The third kappa shape index (κ3) is 4.91. The van der Waals surface area contributed by atoms with Gasteiger partial charge in [-0.25, -0.2) is 0 Å². The summed E-state index contributed by atoms with van der Waals surface area (Å²) in [7, 11) is 0.